The second-order valence-electron chi connectivity index (χ2n) is 5.05. The van der Waals surface area contributed by atoms with Crippen LogP contribution in [0.5, 0.6) is 0 Å². The van der Waals surface area contributed by atoms with E-state index in [0.717, 1.165) is 36.9 Å². The summed E-state index contributed by atoms with van der Waals surface area (Å²) in [5.74, 6) is 0. The number of nitrogens with two attached hydrogens (primary N) is 1. The molecule has 0 unspecified atom stereocenters. The van der Waals surface area contributed by atoms with E-state index >= 15 is 0 Å². The summed E-state index contributed by atoms with van der Waals surface area (Å²) in [5, 5.41) is 2.77. The fraction of sp³-hybridized carbons (Fsp3) is 0.533. The maximum Gasteiger partial charge on any atom is 0.411 e. The lowest BCUT2D eigenvalue weighted by molar-refractivity contribution is 0.101. The second-order valence-corrected chi connectivity index (χ2v) is 5.05. The normalized spacial score (nSPS) is 16.7. The van der Waals surface area contributed by atoms with Gasteiger partial charge in [0.15, 0.2) is 0 Å². The van der Waals surface area contributed by atoms with E-state index in [1.54, 1.807) is 0 Å². The van der Waals surface area contributed by atoms with Crippen molar-refractivity contribution >= 4 is 11.8 Å². The smallest absolute Gasteiger partial charge is 0.411 e. The zero-order chi connectivity index (χ0) is 13.5. The van der Waals surface area contributed by atoms with Crippen molar-refractivity contribution in [3.63, 3.8) is 0 Å². The number of ether oxygens (including phenoxy) is 1. The molecule has 0 atom stereocenters. The Labute approximate surface area is 114 Å². The number of amides is 1. The van der Waals surface area contributed by atoms with Crippen molar-refractivity contribution in [2.45, 2.75) is 51.2 Å². The summed E-state index contributed by atoms with van der Waals surface area (Å²) < 4.78 is 5.47. The van der Waals surface area contributed by atoms with Crippen molar-refractivity contribution in [1.29, 1.82) is 0 Å². The minimum atomic E-state index is -0.360. The Bertz CT molecular complexity index is 412. The molecule has 1 amide bonds. The standard InChI is InChI=1S/C15H22N2O2/c16-11-12-6-5-7-13(10-12)17-15(18)19-14-8-3-1-2-4-9-14/h5-7,10,14H,1-4,8-9,11,16H2,(H,17,18). The first-order valence-corrected chi connectivity index (χ1v) is 7.04. The van der Waals surface area contributed by atoms with Gasteiger partial charge in [0.05, 0.1) is 0 Å². The third-order valence-corrected chi connectivity index (χ3v) is 3.48. The Morgan fingerprint density at radius 1 is 1.26 bits per heavy atom. The number of carbonyl (C=O) groups excluding carboxylic acids is 1. The Hall–Kier alpha value is -1.55. The Morgan fingerprint density at radius 2 is 2.00 bits per heavy atom. The summed E-state index contributed by atoms with van der Waals surface area (Å²) in [6, 6.07) is 7.52. The Morgan fingerprint density at radius 3 is 2.68 bits per heavy atom. The molecule has 1 saturated carbocycles. The van der Waals surface area contributed by atoms with E-state index in [4.69, 9.17) is 10.5 Å². The number of anilines is 1. The highest BCUT2D eigenvalue weighted by Gasteiger charge is 2.16. The van der Waals surface area contributed by atoms with Crippen molar-refractivity contribution < 1.29 is 9.53 Å². The molecule has 4 heteroatoms. The van der Waals surface area contributed by atoms with Crippen LogP contribution in [0.4, 0.5) is 10.5 Å². The molecule has 0 heterocycles. The van der Waals surface area contributed by atoms with Crippen LogP contribution in [0.3, 0.4) is 0 Å². The van der Waals surface area contributed by atoms with Crippen molar-refractivity contribution in [3.05, 3.63) is 29.8 Å². The number of nitrogens with one attached hydrogen (secondary N) is 1. The molecule has 3 N–H and O–H groups in total. The largest absolute Gasteiger partial charge is 0.446 e. The van der Waals surface area contributed by atoms with Crippen LogP contribution in [0.1, 0.15) is 44.1 Å². The zero-order valence-electron chi connectivity index (χ0n) is 11.2. The molecule has 1 aliphatic rings. The van der Waals surface area contributed by atoms with Gasteiger partial charge in [-0.15, -0.1) is 0 Å². The summed E-state index contributed by atoms with van der Waals surface area (Å²) in [5.41, 5.74) is 7.30. The quantitative estimate of drug-likeness (QED) is 0.820. The summed E-state index contributed by atoms with van der Waals surface area (Å²) in [4.78, 5) is 11.8. The minimum Gasteiger partial charge on any atom is -0.446 e. The fourth-order valence-electron chi connectivity index (χ4n) is 2.43. The van der Waals surface area contributed by atoms with Gasteiger partial charge in [0.25, 0.3) is 0 Å². The van der Waals surface area contributed by atoms with Crippen LogP contribution in [-0.2, 0) is 11.3 Å². The van der Waals surface area contributed by atoms with Crippen molar-refractivity contribution in [2.75, 3.05) is 5.32 Å². The van der Waals surface area contributed by atoms with Crippen molar-refractivity contribution in [3.8, 4) is 0 Å². The lowest BCUT2D eigenvalue weighted by atomic mass is 10.1. The zero-order valence-corrected chi connectivity index (χ0v) is 11.2. The first-order chi connectivity index (χ1) is 9.28. The van der Waals surface area contributed by atoms with Gasteiger partial charge in [-0.05, 0) is 43.4 Å². The average molecular weight is 262 g/mol. The molecule has 0 bridgehead atoms. The molecule has 0 aliphatic heterocycles. The van der Waals surface area contributed by atoms with Gasteiger partial charge in [0, 0.05) is 12.2 Å². The molecule has 1 fully saturated rings. The minimum absolute atomic E-state index is 0.0696. The number of hydrogen-bond donors (Lipinski definition) is 2. The van der Waals surface area contributed by atoms with Gasteiger partial charge >= 0.3 is 6.09 Å². The van der Waals surface area contributed by atoms with Crippen LogP contribution in [0.2, 0.25) is 0 Å². The van der Waals surface area contributed by atoms with E-state index in [2.05, 4.69) is 5.32 Å². The molecule has 1 aliphatic carbocycles. The van der Waals surface area contributed by atoms with Crippen molar-refractivity contribution in [2.24, 2.45) is 5.73 Å². The van der Waals surface area contributed by atoms with E-state index in [9.17, 15) is 4.79 Å². The van der Waals surface area contributed by atoms with Gasteiger partial charge in [-0.2, -0.15) is 0 Å². The Kier molecular flexibility index (Phi) is 5.21. The number of rotatable bonds is 3. The molecule has 19 heavy (non-hydrogen) atoms. The van der Waals surface area contributed by atoms with Gasteiger partial charge in [-0.3, -0.25) is 5.32 Å². The molecule has 1 aromatic rings. The van der Waals surface area contributed by atoms with Gasteiger partial charge < -0.3 is 10.5 Å². The molecule has 1 aromatic carbocycles. The summed E-state index contributed by atoms with van der Waals surface area (Å²) in [7, 11) is 0. The molecule has 0 aromatic heterocycles. The number of carbonyl (C=O) groups is 1. The lowest BCUT2D eigenvalue weighted by Crippen LogP contribution is -2.22. The monoisotopic (exact) mass is 262 g/mol. The van der Waals surface area contributed by atoms with Gasteiger partial charge in [-0.1, -0.05) is 25.0 Å². The highest BCUT2D eigenvalue weighted by atomic mass is 16.6. The third kappa shape index (κ3) is 4.56. The SMILES string of the molecule is NCc1cccc(NC(=O)OC2CCCCCC2)c1. The topological polar surface area (TPSA) is 64.3 Å². The maximum absolute atomic E-state index is 11.8. The van der Waals surface area contributed by atoms with E-state index in [1.165, 1.54) is 12.8 Å². The summed E-state index contributed by atoms with van der Waals surface area (Å²) in [6.45, 7) is 0.465. The van der Waals surface area contributed by atoms with Crippen LogP contribution in [0.25, 0.3) is 0 Å². The first kappa shape index (κ1) is 13.9. The van der Waals surface area contributed by atoms with Crippen LogP contribution >= 0.6 is 0 Å². The average Bonchev–Trinajstić information content (AvgIpc) is 2.67. The van der Waals surface area contributed by atoms with E-state index in [0.29, 0.717) is 6.54 Å². The predicted octanol–water partition coefficient (Wildman–Crippen LogP) is 3.42. The predicted molar refractivity (Wildman–Crippen MR) is 75.9 cm³/mol. The van der Waals surface area contributed by atoms with Gasteiger partial charge in [-0.25, -0.2) is 4.79 Å². The lowest BCUT2D eigenvalue weighted by Gasteiger charge is -2.16. The molecular weight excluding hydrogens is 240 g/mol. The third-order valence-electron chi connectivity index (χ3n) is 3.48. The van der Waals surface area contributed by atoms with Crippen LogP contribution in [0, 0.1) is 0 Å². The van der Waals surface area contributed by atoms with Crippen LogP contribution in [0.15, 0.2) is 24.3 Å². The van der Waals surface area contributed by atoms with E-state index in [-0.39, 0.29) is 12.2 Å². The molecule has 2 rings (SSSR count). The van der Waals surface area contributed by atoms with Crippen LogP contribution in [-0.4, -0.2) is 12.2 Å². The fourth-order valence-corrected chi connectivity index (χ4v) is 2.43. The molecule has 0 spiro atoms. The van der Waals surface area contributed by atoms with Crippen molar-refractivity contribution in [1.82, 2.24) is 0 Å². The number of hydrogen-bond acceptors (Lipinski definition) is 3. The van der Waals surface area contributed by atoms with Crippen LogP contribution < -0.4 is 11.1 Å². The van der Waals surface area contributed by atoms with Gasteiger partial charge in [0.1, 0.15) is 6.10 Å². The Balaban J connectivity index is 1.85. The van der Waals surface area contributed by atoms with Gasteiger partial charge in [0.2, 0.25) is 0 Å². The molecule has 0 saturated heterocycles. The number of benzene rings is 1. The van der Waals surface area contributed by atoms with E-state index in [1.807, 2.05) is 24.3 Å². The second kappa shape index (κ2) is 7.14. The molecule has 4 nitrogen and oxygen atoms in total. The molecular formula is C15H22N2O2. The first-order valence-electron chi connectivity index (χ1n) is 7.04. The maximum atomic E-state index is 11.8. The molecule has 0 radical (unpaired) electrons. The highest BCUT2D eigenvalue weighted by molar-refractivity contribution is 5.84. The molecule has 104 valence electrons. The summed E-state index contributed by atoms with van der Waals surface area (Å²) >= 11 is 0. The van der Waals surface area contributed by atoms with E-state index < -0.39 is 0 Å². The highest BCUT2D eigenvalue weighted by Crippen LogP contribution is 2.20. The summed E-state index contributed by atoms with van der Waals surface area (Å²) in [6.07, 6.45) is 6.48.